The van der Waals surface area contributed by atoms with Crippen LogP contribution in [-0.4, -0.2) is 19.6 Å². The average molecular weight is 502 g/mol. The Kier molecular flexibility index (Phi) is 4.72. The topological polar surface area (TPSA) is 81.2 Å². The summed E-state index contributed by atoms with van der Waals surface area (Å²) < 4.78 is 21.9. The van der Waals surface area contributed by atoms with Gasteiger partial charge >= 0.3 is 0 Å². The van der Waals surface area contributed by atoms with Crippen molar-refractivity contribution in [3.05, 3.63) is 74.4 Å². The van der Waals surface area contributed by atoms with E-state index in [1.54, 1.807) is 18.2 Å². The number of phenols is 1. The van der Waals surface area contributed by atoms with Gasteiger partial charge in [-0.2, -0.15) is 0 Å². The van der Waals surface area contributed by atoms with E-state index in [1.807, 2.05) is 0 Å². The summed E-state index contributed by atoms with van der Waals surface area (Å²) in [6.45, 7) is 0.0579. The minimum absolute atomic E-state index is 0.0345. The molecule has 1 fully saturated rings. The molecule has 0 spiro atoms. The normalized spacial score (nSPS) is 13.9. The molecule has 0 aliphatic heterocycles. The summed E-state index contributed by atoms with van der Waals surface area (Å²) in [7, 11) is 0. The number of aromatic nitrogens is 3. The van der Waals surface area contributed by atoms with E-state index >= 15 is 0 Å². The van der Waals surface area contributed by atoms with Gasteiger partial charge in [-0.1, -0.05) is 29.3 Å². The lowest BCUT2D eigenvalue weighted by Gasteiger charge is -2.15. The highest BCUT2D eigenvalue weighted by Gasteiger charge is 2.30. The van der Waals surface area contributed by atoms with Crippen LogP contribution in [0.3, 0.4) is 0 Å². The first kappa shape index (κ1) is 20.7. The summed E-state index contributed by atoms with van der Waals surface area (Å²) in [6, 6.07) is 6.19. The molecule has 3 aromatic heterocycles. The molecule has 2 aromatic carbocycles. The van der Waals surface area contributed by atoms with Gasteiger partial charge < -0.3 is 9.52 Å². The molecule has 1 saturated carbocycles. The van der Waals surface area contributed by atoms with Crippen LogP contribution in [0, 0.1) is 5.82 Å². The largest absolute Gasteiger partial charge is 0.505 e. The third-order valence-corrected chi connectivity index (χ3v) is 7.54. The molecule has 10 heteroatoms. The fraction of sp³-hybridized carbons (Fsp3) is 0.174. The van der Waals surface area contributed by atoms with Crippen molar-refractivity contribution < 1.29 is 13.9 Å². The number of nitrogens with zero attached hydrogens (tertiary/aromatic N) is 3. The maximum Gasteiger partial charge on any atom is 0.263 e. The Morgan fingerprint density at radius 1 is 1.24 bits per heavy atom. The minimum Gasteiger partial charge on any atom is -0.505 e. The summed E-state index contributed by atoms with van der Waals surface area (Å²) in [5, 5.41) is 11.6. The number of hydrogen-bond acceptors (Lipinski definition) is 6. The molecular weight excluding hydrogens is 488 g/mol. The molecule has 1 aliphatic rings. The summed E-state index contributed by atoms with van der Waals surface area (Å²) in [5.41, 5.74) is 1.03. The van der Waals surface area contributed by atoms with Crippen molar-refractivity contribution in [1.82, 2.24) is 14.5 Å². The van der Waals surface area contributed by atoms with Crippen molar-refractivity contribution in [2.45, 2.75) is 25.3 Å². The second-order valence-corrected chi connectivity index (χ2v) is 9.79. The van der Waals surface area contributed by atoms with E-state index in [9.17, 15) is 14.3 Å². The molecule has 0 unspecified atom stereocenters. The molecule has 6 nitrogen and oxygen atoms in total. The zero-order valence-corrected chi connectivity index (χ0v) is 19.1. The van der Waals surface area contributed by atoms with E-state index in [0.29, 0.717) is 37.5 Å². The Hall–Kier alpha value is -2.94. The zero-order chi connectivity index (χ0) is 22.9. The van der Waals surface area contributed by atoms with Gasteiger partial charge in [0.1, 0.15) is 22.2 Å². The quantitative estimate of drug-likeness (QED) is 0.310. The predicted molar refractivity (Wildman–Crippen MR) is 126 cm³/mol. The molecule has 1 N–H and O–H groups in total. The number of fused-ring (bicyclic) bond motifs is 3. The number of aromatic hydroxyl groups is 1. The Morgan fingerprint density at radius 3 is 2.79 bits per heavy atom. The number of benzene rings is 2. The fourth-order valence-electron chi connectivity index (χ4n) is 4.10. The number of oxazole rings is 1. The predicted octanol–water partition coefficient (Wildman–Crippen LogP) is 6.34. The van der Waals surface area contributed by atoms with Gasteiger partial charge in [-0.15, -0.1) is 11.3 Å². The van der Waals surface area contributed by atoms with Gasteiger partial charge in [0.15, 0.2) is 12.1 Å². The van der Waals surface area contributed by atoms with Crippen LogP contribution >= 0.6 is 34.5 Å². The van der Waals surface area contributed by atoms with Crippen LogP contribution in [0.25, 0.3) is 31.7 Å². The van der Waals surface area contributed by atoms with Crippen molar-refractivity contribution in [3.8, 4) is 17.1 Å². The molecule has 6 rings (SSSR count). The molecule has 0 amide bonds. The lowest BCUT2D eigenvalue weighted by Crippen LogP contribution is -2.24. The maximum atomic E-state index is 14.6. The first-order valence-electron chi connectivity index (χ1n) is 10.1. The van der Waals surface area contributed by atoms with Crippen molar-refractivity contribution in [3.63, 3.8) is 0 Å². The average Bonchev–Trinajstić information content (AvgIpc) is 3.37. The van der Waals surface area contributed by atoms with Crippen molar-refractivity contribution in [2.75, 3.05) is 0 Å². The maximum absolute atomic E-state index is 14.6. The van der Waals surface area contributed by atoms with E-state index in [1.165, 1.54) is 23.2 Å². The summed E-state index contributed by atoms with van der Waals surface area (Å²) in [6.07, 6.45) is 4.71. The molecule has 33 heavy (non-hydrogen) atoms. The lowest BCUT2D eigenvalue weighted by atomic mass is 10.0. The fourth-order valence-corrected chi connectivity index (χ4v) is 5.60. The van der Waals surface area contributed by atoms with Gasteiger partial charge in [-0.25, -0.2) is 14.4 Å². The molecule has 166 valence electrons. The summed E-state index contributed by atoms with van der Waals surface area (Å²) in [4.78, 5) is 22.9. The summed E-state index contributed by atoms with van der Waals surface area (Å²) >= 11 is 13.3. The van der Waals surface area contributed by atoms with Gasteiger partial charge in [-0.05, 0) is 42.5 Å². The van der Waals surface area contributed by atoms with Crippen molar-refractivity contribution >= 4 is 54.8 Å². The van der Waals surface area contributed by atoms with E-state index < -0.39 is 5.82 Å². The third kappa shape index (κ3) is 3.32. The number of hydrogen-bond donors (Lipinski definition) is 1. The van der Waals surface area contributed by atoms with Crippen LogP contribution in [0.5, 0.6) is 5.75 Å². The smallest absolute Gasteiger partial charge is 0.263 e. The van der Waals surface area contributed by atoms with Crippen LogP contribution in [0.4, 0.5) is 4.39 Å². The Labute approximate surface area is 199 Å². The van der Waals surface area contributed by atoms with Crippen LogP contribution in [0.2, 0.25) is 10.0 Å². The zero-order valence-electron chi connectivity index (χ0n) is 16.8. The van der Waals surface area contributed by atoms with Gasteiger partial charge in [0, 0.05) is 10.9 Å². The van der Waals surface area contributed by atoms with Crippen molar-refractivity contribution in [2.24, 2.45) is 0 Å². The van der Waals surface area contributed by atoms with Crippen LogP contribution < -0.4 is 5.56 Å². The monoisotopic (exact) mass is 501 g/mol. The first-order chi connectivity index (χ1) is 15.9. The minimum atomic E-state index is -0.586. The van der Waals surface area contributed by atoms with Gasteiger partial charge in [0.05, 0.1) is 32.9 Å². The van der Waals surface area contributed by atoms with Crippen LogP contribution in [0.1, 0.15) is 30.1 Å². The SMILES string of the molecule is O=c1c2c(nc(-c3cc(F)c(Cl)cc3C3CC3)n1Cc1cnco1)sc1c(O)c(Cl)ccc12. The van der Waals surface area contributed by atoms with Crippen molar-refractivity contribution in [1.29, 1.82) is 0 Å². The van der Waals surface area contributed by atoms with Crippen LogP contribution in [0.15, 0.2) is 46.1 Å². The number of phenolic OH excluding ortho intramolecular Hbond substituents is 1. The van der Waals surface area contributed by atoms with Gasteiger partial charge in [0.2, 0.25) is 0 Å². The second-order valence-electron chi connectivity index (χ2n) is 7.98. The van der Waals surface area contributed by atoms with E-state index in [4.69, 9.17) is 32.6 Å². The Morgan fingerprint density at radius 2 is 2.06 bits per heavy atom. The standard InChI is InChI=1S/C23H14Cl2FN3O3S/c24-15-4-3-12-18-22(33-20(12)19(15)30)28-21(29(23(18)31)8-11-7-27-9-32-11)14-6-17(26)16(25)5-13(14)10-1-2-10/h3-7,9-10,30H,1-2,8H2. The molecule has 1 aliphatic carbocycles. The highest BCUT2D eigenvalue weighted by atomic mass is 35.5. The number of thiophene rings is 1. The van der Waals surface area contributed by atoms with E-state index in [2.05, 4.69) is 4.98 Å². The highest BCUT2D eigenvalue weighted by molar-refractivity contribution is 7.25. The molecule has 5 aromatic rings. The molecule has 0 atom stereocenters. The van der Waals surface area contributed by atoms with Gasteiger partial charge in [0.25, 0.3) is 5.56 Å². The highest BCUT2D eigenvalue weighted by Crippen LogP contribution is 2.46. The van der Waals surface area contributed by atoms with Gasteiger partial charge in [-0.3, -0.25) is 9.36 Å². The van der Waals surface area contributed by atoms with E-state index in [-0.39, 0.29) is 33.8 Å². The Balaban J connectivity index is 1.71. The number of rotatable bonds is 4. The van der Waals surface area contributed by atoms with Crippen LogP contribution in [-0.2, 0) is 6.54 Å². The molecule has 0 saturated heterocycles. The molecular formula is C23H14Cl2FN3O3S. The number of halogens is 3. The van der Waals surface area contributed by atoms with E-state index in [0.717, 1.165) is 29.7 Å². The molecule has 0 radical (unpaired) electrons. The first-order valence-corrected chi connectivity index (χ1v) is 11.7. The lowest BCUT2D eigenvalue weighted by molar-refractivity contribution is 0.482. The Bertz CT molecular complexity index is 1620. The summed E-state index contributed by atoms with van der Waals surface area (Å²) in [5.74, 6) is 0.300. The molecule has 3 heterocycles. The second kappa shape index (κ2) is 7.55. The molecule has 0 bridgehead atoms. The third-order valence-electron chi connectivity index (χ3n) is 5.83.